The molecule has 0 aromatic carbocycles. The van der Waals surface area contributed by atoms with Gasteiger partial charge in [0.15, 0.2) is 0 Å². The molecule has 11 heteroatoms. The molecule has 1 saturated heterocycles. The molecule has 0 aliphatic carbocycles. The summed E-state index contributed by atoms with van der Waals surface area (Å²) in [5, 5.41) is 22.5. The number of carbonyl (C=O) groups is 4. The first kappa shape index (κ1) is 21.2. The van der Waals surface area contributed by atoms with Gasteiger partial charge in [-0.25, -0.2) is 0 Å². The van der Waals surface area contributed by atoms with Crippen LogP contribution in [0.5, 0.6) is 0 Å². The molecule has 0 saturated carbocycles. The van der Waals surface area contributed by atoms with Gasteiger partial charge in [0.05, 0.1) is 6.61 Å². The van der Waals surface area contributed by atoms with Gasteiger partial charge in [-0.2, -0.15) is 12.6 Å². The predicted octanol–water partition coefficient (Wildman–Crippen LogP) is -2.70. The number of carboxylic acid groups (broad SMARTS) is 1. The molecule has 1 fully saturated rings. The molecule has 4 atom stereocenters. The van der Waals surface area contributed by atoms with Crippen LogP contribution in [0.4, 0.5) is 0 Å². The minimum Gasteiger partial charge on any atom is -0.480 e. The highest BCUT2D eigenvalue weighted by Crippen LogP contribution is 2.19. The van der Waals surface area contributed by atoms with Crippen LogP contribution in [0.1, 0.15) is 19.8 Å². The van der Waals surface area contributed by atoms with Gasteiger partial charge in [-0.05, 0) is 19.8 Å². The van der Waals surface area contributed by atoms with E-state index < -0.39 is 54.5 Å². The Labute approximate surface area is 150 Å². The van der Waals surface area contributed by atoms with Gasteiger partial charge < -0.3 is 31.5 Å². The lowest BCUT2D eigenvalue weighted by molar-refractivity contribution is -0.144. The van der Waals surface area contributed by atoms with E-state index in [4.69, 9.17) is 15.9 Å². The largest absolute Gasteiger partial charge is 0.480 e. The quantitative estimate of drug-likeness (QED) is 0.251. The standard InChI is InChI=1S/C14H24N4O6S/c1-7(14(23)24)16-12(21)10-3-2-4-18(10)13(22)9(6-25)17-11(20)8(15)5-19/h7-10,19,25H,2-6,15H2,1H3,(H,16,21)(H,17,20)(H,23,24). The number of carboxylic acids is 1. The van der Waals surface area contributed by atoms with Crippen LogP contribution in [0.2, 0.25) is 0 Å². The van der Waals surface area contributed by atoms with E-state index in [-0.39, 0.29) is 5.75 Å². The summed E-state index contributed by atoms with van der Waals surface area (Å²) in [7, 11) is 0. The van der Waals surface area contributed by atoms with E-state index in [0.717, 1.165) is 0 Å². The van der Waals surface area contributed by atoms with Gasteiger partial charge in [0.2, 0.25) is 17.7 Å². The van der Waals surface area contributed by atoms with Gasteiger partial charge in [0, 0.05) is 12.3 Å². The van der Waals surface area contributed by atoms with Crippen molar-refractivity contribution in [2.45, 2.75) is 43.9 Å². The second kappa shape index (κ2) is 9.59. The van der Waals surface area contributed by atoms with Gasteiger partial charge in [-0.1, -0.05) is 0 Å². The Morgan fingerprint density at radius 1 is 1.32 bits per heavy atom. The van der Waals surface area contributed by atoms with E-state index in [1.165, 1.54) is 11.8 Å². The van der Waals surface area contributed by atoms with Crippen LogP contribution in [0, 0.1) is 0 Å². The zero-order valence-corrected chi connectivity index (χ0v) is 14.7. The first-order valence-electron chi connectivity index (χ1n) is 7.84. The van der Waals surface area contributed by atoms with Crippen LogP contribution in [-0.4, -0.2) is 81.9 Å². The van der Waals surface area contributed by atoms with Crippen LogP contribution >= 0.6 is 12.6 Å². The summed E-state index contributed by atoms with van der Waals surface area (Å²) < 4.78 is 0. The van der Waals surface area contributed by atoms with E-state index in [1.54, 1.807) is 0 Å². The van der Waals surface area contributed by atoms with Crippen molar-refractivity contribution in [3.8, 4) is 0 Å². The molecule has 0 aromatic rings. The number of nitrogens with zero attached hydrogens (tertiary/aromatic N) is 1. The second-order valence-corrected chi connectivity index (χ2v) is 6.16. The van der Waals surface area contributed by atoms with Gasteiger partial charge in [0.1, 0.15) is 24.2 Å². The number of hydrogen-bond donors (Lipinski definition) is 6. The summed E-state index contributed by atoms with van der Waals surface area (Å²) in [5.74, 6) is -2.96. The Morgan fingerprint density at radius 2 is 1.96 bits per heavy atom. The van der Waals surface area contributed by atoms with E-state index in [9.17, 15) is 19.2 Å². The number of aliphatic hydroxyl groups excluding tert-OH is 1. The van der Waals surface area contributed by atoms with Crippen molar-refractivity contribution in [1.82, 2.24) is 15.5 Å². The number of amides is 3. The van der Waals surface area contributed by atoms with E-state index in [2.05, 4.69) is 23.3 Å². The molecule has 1 rings (SSSR count). The van der Waals surface area contributed by atoms with Crippen molar-refractivity contribution in [2.24, 2.45) is 5.73 Å². The number of nitrogens with one attached hydrogen (secondary N) is 2. The number of hydrogen-bond acceptors (Lipinski definition) is 7. The van der Waals surface area contributed by atoms with Crippen molar-refractivity contribution in [3.05, 3.63) is 0 Å². The van der Waals surface area contributed by atoms with Gasteiger partial charge in [0.25, 0.3) is 0 Å². The number of nitrogens with two attached hydrogens (primary N) is 1. The third-order valence-electron chi connectivity index (χ3n) is 3.90. The molecule has 6 N–H and O–H groups in total. The van der Waals surface area contributed by atoms with Gasteiger partial charge >= 0.3 is 5.97 Å². The highest BCUT2D eigenvalue weighted by molar-refractivity contribution is 7.80. The highest BCUT2D eigenvalue weighted by atomic mass is 32.1. The Morgan fingerprint density at radius 3 is 2.48 bits per heavy atom. The number of carbonyl (C=O) groups excluding carboxylic acids is 3. The SMILES string of the molecule is CC(NC(=O)C1CCCN1C(=O)C(CS)NC(=O)C(N)CO)C(=O)O. The van der Waals surface area contributed by atoms with E-state index in [0.29, 0.717) is 19.4 Å². The molecule has 142 valence electrons. The number of aliphatic carboxylic acids is 1. The molecule has 0 aromatic heterocycles. The molecule has 1 aliphatic heterocycles. The maximum Gasteiger partial charge on any atom is 0.325 e. The molecule has 25 heavy (non-hydrogen) atoms. The molecule has 0 bridgehead atoms. The molecule has 3 amide bonds. The topological polar surface area (TPSA) is 162 Å². The van der Waals surface area contributed by atoms with Crippen molar-refractivity contribution >= 4 is 36.3 Å². The fraction of sp³-hybridized carbons (Fsp3) is 0.714. The maximum atomic E-state index is 12.6. The molecular formula is C14H24N4O6S. The number of likely N-dealkylation sites (tertiary alicyclic amines) is 1. The third-order valence-corrected chi connectivity index (χ3v) is 4.26. The average molecular weight is 376 g/mol. The van der Waals surface area contributed by atoms with Crippen LogP contribution < -0.4 is 16.4 Å². The van der Waals surface area contributed by atoms with Crippen molar-refractivity contribution < 1.29 is 29.4 Å². The van der Waals surface area contributed by atoms with Crippen LogP contribution in [0.15, 0.2) is 0 Å². The van der Waals surface area contributed by atoms with Crippen molar-refractivity contribution in [2.75, 3.05) is 18.9 Å². The van der Waals surface area contributed by atoms with Crippen molar-refractivity contribution in [3.63, 3.8) is 0 Å². The summed E-state index contributed by atoms with van der Waals surface area (Å²) in [6.45, 7) is 1.07. The Hall–Kier alpha value is -1.85. The molecule has 0 spiro atoms. The molecule has 1 heterocycles. The summed E-state index contributed by atoms with van der Waals surface area (Å²) in [4.78, 5) is 48.8. The number of aliphatic hydroxyl groups is 1. The minimum absolute atomic E-state index is 0.0148. The first-order chi connectivity index (χ1) is 11.7. The third kappa shape index (κ3) is 5.58. The van der Waals surface area contributed by atoms with Crippen molar-refractivity contribution in [1.29, 1.82) is 0 Å². The lowest BCUT2D eigenvalue weighted by Crippen LogP contribution is -2.57. The van der Waals surface area contributed by atoms with Gasteiger partial charge in [-0.15, -0.1) is 0 Å². The minimum atomic E-state index is -1.18. The summed E-state index contributed by atoms with van der Waals surface area (Å²) in [6, 6.07) is -4.05. The number of thiol groups is 1. The monoisotopic (exact) mass is 376 g/mol. The summed E-state index contributed by atoms with van der Waals surface area (Å²) >= 11 is 4.04. The molecule has 1 aliphatic rings. The normalized spacial score (nSPS) is 20.5. The summed E-state index contributed by atoms with van der Waals surface area (Å²) in [5.41, 5.74) is 5.40. The maximum absolute atomic E-state index is 12.6. The molecule has 0 radical (unpaired) electrons. The number of rotatable bonds is 8. The fourth-order valence-electron chi connectivity index (χ4n) is 2.42. The fourth-order valence-corrected chi connectivity index (χ4v) is 2.67. The summed E-state index contributed by atoms with van der Waals surface area (Å²) in [6.07, 6.45) is 0.974. The lowest BCUT2D eigenvalue weighted by Gasteiger charge is -2.29. The van der Waals surface area contributed by atoms with E-state index >= 15 is 0 Å². The van der Waals surface area contributed by atoms with Crippen LogP contribution in [-0.2, 0) is 19.2 Å². The lowest BCUT2D eigenvalue weighted by atomic mass is 10.1. The highest BCUT2D eigenvalue weighted by Gasteiger charge is 2.38. The Kier molecular flexibility index (Phi) is 8.13. The Bertz CT molecular complexity index is 531. The molecular weight excluding hydrogens is 352 g/mol. The Balaban J connectivity index is 2.78. The van der Waals surface area contributed by atoms with Crippen LogP contribution in [0.3, 0.4) is 0 Å². The molecule has 10 nitrogen and oxygen atoms in total. The van der Waals surface area contributed by atoms with Gasteiger partial charge in [-0.3, -0.25) is 19.2 Å². The molecule has 4 unspecified atom stereocenters. The smallest absolute Gasteiger partial charge is 0.325 e. The zero-order valence-electron chi connectivity index (χ0n) is 13.8. The first-order valence-corrected chi connectivity index (χ1v) is 8.47. The average Bonchev–Trinajstić information content (AvgIpc) is 3.07. The second-order valence-electron chi connectivity index (χ2n) is 5.79. The van der Waals surface area contributed by atoms with E-state index in [1.807, 2.05) is 0 Å². The predicted molar refractivity (Wildman–Crippen MR) is 90.8 cm³/mol. The van der Waals surface area contributed by atoms with Crippen LogP contribution in [0.25, 0.3) is 0 Å². The zero-order chi connectivity index (χ0) is 19.1.